The highest BCUT2D eigenvalue weighted by atomic mass is 35.5. The Morgan fingerprint density at radius 2 is 2.20 bits per heavy atom. The summed E-state index contributed by atoms with van der Waals surface area (Å²) in [5.74, 6) is 0.746. The number of halogens is 1. The van der Waals surface area contributed by atoms with Crippen molar-refractivity contribution in [1.29, 1.82) is 0 Å². The molecule has 0 aliphatic rings. The van der Waals surface area contributed by atoms with E-state index in [9.17, 15) is 0 Å². The average Bonchev–Trinajstić information content (AvgIpc) is 3.12. The Bertz CT molecular complexity index is 868. The SMILES string of the molecule is Cn1ncc(Cl)c1-c1nn2c(-c3cccs3)nnc2s1. The van der Waals surface area contributed by atoms with Gasteiger partial charge in [0.25, 0.3) is 0 Å². The van der Waals surface area contributed by atoms with Gasteiger partial charge in [0.2, 0.25) is 4.96 Å². The summed E-state index contributed by atoms with van der Waals surface area (Å²) in [5.41, 5.74) is 0.791. The van der Waals surface area contributed by atoms with E-state index in [1.165, 1.54) is 11.3 Å². The van der Waals surface area contributed by atoms with Crippen LogP contribution in [0.3, 0.4) is 0 Å². The lowest BCUT2D eigenvalue weighted by Crippen LogP contribution is -1.95. The van der Waals surface area contributed by atoms with Crippen molar-refractivity contribution in [2.24, 2.45) is 7.05 Å². The van der Waals surface area contributed by atoms with Crippen molar-refractivity contribution >= 4 is 39.2 Å². The molecule has 0 saturated carbocycles. The molecule has 0 aliphatic heterocycles. The lowest BCUT2D eigenvalue weighted by atomic mass is 10.4. The minimum absolute atomic E-state index is 0.579. The summed E-state index contributed by atoms with van der Waals surface area (Å²) in [5, 5.41) is 20.4. The zero-order valence-corrected chi connectivity index (χ0v) is 12.6. The van der Waals surface area contributed by atoms with Crippen molar-refractivity contribution in [3.05, 3.63) is 28.7 Å². The van der Waals surface area contributed by atoms with Crippen molar-refractivity contribution in [3.63, 3.8) is 0 Å². The number of aromatic nitrogens is 6. The molecule has 0 atom stereocenters. The smallest absolute Gasteiger partial charge is 0.235 e. The van der Waals surface area contributed by atoms with E-state index in [1.807, 2.05) is 24.6 Å². The maximum atomic E-state index is 6.15. The third-order valence-electron chi connectivity index (χ3n) is 2.83. The lowest BCUT2D eigenvalue weighted by Gasteiger charge is -1.96. The first-order valence-corrected chi connectivity index (χ1v) is 7.75. The summed E-state index contributed by atoms with van der Waals surface area (Å²) in [6.07, 6.45) is 1.61. The van der Waals surface area contributed by atoms with Crippen LogP contribution in [0.5, 0.6) is 0 Å². The first-order valence-electron chi connectivity index (χ1n) is 5.68. The van der Waals surface area contributed by atoms with Crippen molar-refractivity contribution in [2.45, 2.75) is 0 Å². The molecular weight excluding hydrogens is 316 g/mol. The normalized spacial score (nSPS) is 11.5. The number of hydrogen-bond donors (Lipinski definition) is 0. The summed E-state index contributed by atoms with van der Waals surface area (Å²) < 4.78 is 3.45. The Hall–Kier alpha value is -1.77. The topological polar surface area (TPSA) is 60.9 Å². The highest BCUT2D eigenvalue weighted by molar-refractivity contribution is 7.20. The molecule has 0 unspecified atom stereocenters. The summed E-state index contributed by atoms with van der Waals surface area (Å²) >= 11 is 9.20. The summed E-state index contributed by atoms with van der Waals surface area (Å²) in [6, 6.07) is 3.98. The number of hydrogen-bond acceptors (Lipinski definition) is 6. The van der Waals surface area contributed by atoms with Crippen molar-refractivity contribution in [3.8, 4) is 21.4 Å². The fourth-order valence-corrected chi connectivity index (χ4v) is 3.86. The number of rotatable bonds is 2. The third kappa shape index (κ3) is 1.69. The van der Waals surface area contributed by atoms with E-state index >= 15 is 0 Å². The lowest BCUT2D eigenvalue weighted by molar-refractivity contribution is 0.772. The molecule has 9 heteroatoms. The minimum Gasteiger partial charge on any atom is -0.264 e. The van der Waals surface area contributed by atoms with Gasteiger partial charge in [-0.15, -0.1) is 21.5 Å². The predicted octanol–water partition coefficient (Wildman–Crippen LogP) is 2.97. The van der Waals surface area contributed by atoms with E-state index in [4.69, 9.17) is 11.6 Å². The molecule has 0 fully saturated rings. The molecule has 4 aromatic rings. The Balaban J connectivity index is 1.93. The van der Waals surface area contributed by atoms with Crippen molar-refractivity contribution < 1.29 is 0 Å². The van der Waals surface area contributed by atoms with Gasteiger partial charge in [0.1, 0.15) is 5.69 Å². The zero-order valence-electron chi connectivity index (χ0n) is 10.2. The van der Waals surface area contributed by atoms with E-state index in [0.29, 0.717) is 5.02 Å². The molecular formula is C11H7ClN6S2. The molecule has 20 heavy (non-hydrogen) atoms. The molecule has 0 spiro atoms. The van der Waals surface area contributed by atoms with Crippen LogP contribution in [0, 0.1) is 0 Å². The van der Waals surface area contributed by atoms with Gasteiger partial charge in [0.05, 0.1) is 16.1 Å². The molecule has 0 amide bonds. The quantitative estimate of drug-likeness (QED) is 0.569. The van der Waals surface area contributed by atoms with Gasteiger partial charge in [-0.05, 0) is 11.4 Å². The van der Waals surface area contributed by atoms with Crippen LogP contribution in [-0.2, 0) is 7.05 Å². The monoisotopic (exact) mass is 322 g/mol. The van der Waals surface area contributed by atoms with E-state index < -0.39 is 0 Å². The van der Waals surface area contributed by atoms with Gasteiger partial charge in [-0.3, -0.25) is 4.68 Å². The third-order valence-corrected chi connectivity index (χ3v) is 4.88. The highest BCUT2D eigenvalue weighted by Gasteiger charge is 2.18. The van der Waals surface area contributed by atoms with E-state index in [2.05, 4.69) is 20.4 Å². The largest absolute Gasteiger partial charge is 0.264 e. The molecule has 0 aromatic carbocycles. The second-order valence-electron chi connectivity index (χ2n) is 4.07. The molecule has 100 valence electrons. The maximum absolute atomic E-state index is 6.15. The predicted molar refractivity (Wildman–Crippen MR) is 79.2 cm³/mol. The van der Waals surface area contributed by atoms with Gasteiger partial charge >= 0.3 is 0 Å². The average molecular weight is 323 g/mol. The first kappa shape index (κ1) is 12.0. The van der Waals surface area contributed by atoms with Gasteiger partial charge in [0, 0.05) is 7.05 Å². The van der Waals surface area contributed by atoms with Gasteiger partial charge in [0.15, 0.2) is 10.8 Å². The van der Waals surface area contributed by atoms with Crippen LogP contribution in [0.4, 0.5) is 0 Å². The number of thiophene rings is 1. The fourth-order valence-electron chi connectivity index (χ4n) is 1.92. The summed E-state index contributed by atoms with van der Waals surface area (Å²) in [6.45, 7) is 0. The zero-order chi connectivity index (χ0) is 13.7. The van der Waals surface area contributed by atoms with Crippen LogP contribution in [0.2, 0.25) is 5.02 Å². The standard InChI is InChI=1S/C11H7ClN6S2/c1-17-8(6(12)5-13-17)10-16-18-9(7-3-2-4-19-7)14-15-11(18)20-10/h2-5H,1H3. The Kier molecular flexibility index (Phi) is 2.62. The molecule has 4 rings (SSSR count). The van der Waals surface area contributed by atoms with E-state index in [0.717, 1.165) is 26.4 Å². The number of aryl methyl sites for hydroxylation is 1. The van der Waals surface area contributed by atoms with Gasteiger partial charge in [-0.1, -0.05) is 29.0 Å². The molecule has 0 aliphatic carbocycles. The van der Waals surface area contributed by atoms with Crippen LogP contribution >= 0.6 is 34.3 Å². The minimum atomic E-state index is 0.579. The van der Waals surface area contributed by atoms with Crippen molar-refractivity contribution in [2.75, 3.05) is 0 Å². The van der Waals surface area contributed by atoms with Crippen molar-refractivity contribution in [1.82, 2.24) is 29.6 Å². The van der Waals surface area contributed by atoms with Crippen LogP contribution in [0.1, 0.15) is 0 Å². The van der Waals surface area contributed by atoms with Gasteiger partial charge < -0.3 is 0 Å². The molecule has 0 saturated heterocycles. The van der Waals surface area contributed by atoms with Gasteiger partial charge in [-0.25, -0.2) is 0 Å². The summed E-state index contributed by atoms with van der Waals surface area (Å²) in [4.78, 5) is 1.77. The fraction of sp³-hybridized carbons (Fsp3) is 0.0909. The summed E-state index contributed by atoms with van der Waals surface area (Å²) in [7, 11) is 1.84. The van der Waals surface area contributed by atoms with Crippen LogP contribution < -0.4 is 0 Å². The van der Waals surface area contributed by atoms with E-state index in [-0.39, 0.29) is 0 Å². The Morgan fingerprint density at radius 3 is 2.90 bits per heavy atom. The molecule has 0 N–H and O–H groups in total. The Morgan fingerprint density at radius 1 is 1.30 bits per heavy atom. The molecule has 0 bridgehead atoms. The maximum Gasteiger partial charge on any atom is 0.235 e. The molecule has 0 radical (unpaired) electrons. The molecule has 6 nitrogen and oxygen atoms in total. The highest BCUT2D eigenvalue weighted by Crippen LogP contribution is 2.32. The van der Waals surface area contributed by atoms with Crippen LogP contribution in [0.15, 0.2) is 23.7 Å². The first-order chi connectivity index (χ1) is 9.74. The molecule has 4 aromatic heterocycles. The van der Waals surface area contributed by atoms with Crippen LogP contribution in [0.25, 0.3) is 26.4 Å². The second kappa shape index (κ2) is 4.37. The number of nitrogens with zero attached hydrogens (tertiary/aromatic N) is 6. The number of fused-ring (bicyclic) bond motifs is 1. The van der Waals surface area contributed by atoms with Gasteiger partial charge in [-0.2, -0.15) is 14.7 Å². The second-order valence-corrected chi connectivity index (χ2v) is 6.38. The van der Waals surface area contributed by atoms with Crippen LogP contribution in [-0.4, -0.2) is 29.6 Å². The Labute approximate surface area is 126 Å². The molecule has 4 heterocycles. The van der Waals surface area contributed by atoms with E-state index in [1.54, 1.807) is 26.7 Å².